The third kappa shape index (κ3) is 6.48. The number of benzene rings is 1. The highest BCUT2D eigenvalue weighted by Crippen LogP contribution is 2.10. The number of halogens is 2. The van der Waals surface area contributed by atoms with Gasteiger partial charge in [-0.2, -0.15) is 0 Å². The van der Waals surface area contributed by atoms with Crippen molar-refractivity contribution in [3.05, 3.63) is 30.3 Å². The summed E-state index contributed by atoms with van der Waals surface area (Å²) in [5.41, 5.74) is 1.31. The number of hydrogen-bond acceptors (Lipinski definition) is 3. The number of nitrogens with zero attached hydrogens (tertiary/aromatic N) is 2. The first-order valence-corrected chi connectivity index (χ1v) is 6.55. The highest BCUT2D eigenvalue weighted by atomic mass is 35.5. The lowest BCUT2D eigenvalue weighted by Crippen LogP contribution is -2.35. The van der Waals surface area contributed by atoms with Gasteiger partial charge in [-0.15, -0.1) is 24.8 Å². The summed E-state index contributed by atoms with van der Waals surface area (Å²) >= 11 is 0. The minimum atomic E-state index is 0. The minimum Gasteiger partial charge on any atom is -0.373 e. The van der Waals surface area contributed by atoms with Gasteiger partial charge >= 0.3 is 0 Å². The standard InChI is InChI=1S/C14H23N3.2ClH/c1-16(14-6-3-2-4-7-14)12-13-17-10-5-8-15-9-11-17;;/h2-4,6-7,15H,5,8-13H2,1H3;2*1H. The van der Waals surface area contributed by atoms with Crippen molar-refractivity contribution in [3.8, 4) is 0 Å². The highest BCUT2D eigenvalue weighted by molar-refractivity contribution is 5.85. The molecule has 0 unspecified atom stereocenters. The molecule has 0 atom stereocenters. The van der Waals surface area contributed by atoms with E-state index in [4.69, 9.17) is 0 Å². The molecule has 3 nitrogen and oxygen atoms in total. The number of nitrogens with one attached hydrogen (secondary N) is 1. The first-order chi connectivity index (χ1) is 8.36. The molecule has 1 aromatic carbocycles. The van der Waals surface area contributed by atoms with E-state index >= 15 is 0 Å². The zero-order valence-corrected chi connectivity index (χ0v) is 13.2. The highest BCUT2D eigenvalue weighted by Gasteiger charge is 2.09. The van der Waals surface area contributed by atoms with Gasteiger partial charge in [0.1, 0.15) is 0 Å². The summed E-state index contributed by atoms with van der Waals surface area (Å²) in [6.07, 6.45) is 1.27. The molecule has 0 amide bonds. The SMILES string of the molecule is CN(CCN1CCCNCC1)c1ccccc1.Cl.Cl. The molecule has 19 heavy (non-hydrogen) atoms. The van der Waals surface area contributed by atoms with Crippen molar-refractivity contribution >= 4 is 30.5 Å². The summed E-state index contributed by atoms with van der Waals surface area (Å²) in [7, 11) is 2.17. The Balaban J connectivity index is 0.00000162. The molecular formula is C14H25Cl2N3. The quantitative estimate of drug-likeness (QED) is 0.920. The molecule has 1 fully saturated rings. The Labute approximate surface area is 129 Å². The number of anilines is 1. The van der Waals surface area contributed by atoms with Crippen molar-refractivity contribution in [2.24, 2.45) is 0 Å². The predicted molar refractivity (Wildman–Crippen MR) is 88.1 cm³/mol. The molecular weight excluding hydrogens is 281 g/mol. The van der Waals surface area contributed by atoms with Crippen molar-refractivity contribution < 1.29 is 0 Å². The number of hydrogen-bond donors (Lipinski definition) is 1. The van der Waals surface area contributed by atoms with E-state index < -0.39 is 0 Å². The summed E-state index contributed by atoms with van der Waals surface area (Å²) in [6.45, 7) is 6.98. The zero-order chi connectivity index (χ0) is 11.9. The van der Waals surface area contributed by atoms with E-state index in [-0.39, 0.29) is 24.8 Å². The third-order valence-electron chi connectivity index (χ3n) is 3.38. The minimum absolute atomic E-state index is 0. The van der Waals surface area contributed by atoms with Crippen LogP contribution in [-0.2, 0) is 0 Å². The van der Waals surface area contributed by atoms with Crippen molar-refractivity contribution in [3.63, 3.8) is 0 Å². The lowest BCUT2D eigenvalue weighted by molar-refractivity contribution is 0.299. The molecule has 1 aliphatic heterocycles. The fourth-order valence-corrected chi connectivity index (χ4v) is 2.23. The lowest BCUT2D eigenvalue weighted by atomic mass is 10.3. The van der Waals surface area contributed by atoms with Gasteiger partial charge in [0.25, 0.3) is 0 Å². The molecule has 0 bridgehead atoms. The molecule has 5 heteroatoms. The number of rotatable bonds is 4. The lowest BCUT2D eigenvalue weighted by Gasteiger charge is -2.25. The van der Waals surface area contributed by atoms with Crippen LogP contribution in [0.5, 0.6) is 0 Å². The largest absolute Gasteiger partial charge is 0.373 e. The van der Waals surface area contributed by atoms with Crippen molar-refractivity contribution in [1.29, 1.82) is 0 Å². The predicted octanol–water partition coefficient (Wildman–Crippen LogP) is 2.26. The van der Waals surface area contributed by atoms with Gasteiger partial charge in [-0.3, -0.25) is 0 Å². The molecule has 110 valence electrons. The Morgan fingerprint density at radius 3 is 2.58 bits per heavy atom. The van der Waals surface area contributed by atoms with Gasteiger partial charge in [0.05, 0.1) is 0 Å². The van der Waals surface area contributed by atoms with Gasteiger partial charge in [-0.1, -0.05) is 18.2 Å². The second-order valence-electron chi connectivity index (χ2n) is 4.70. The Hall–Kier alpha value is -0.480. The van der Waals surface area contributed by atoms with Crippen LogP contribution in [0.4, 0.5) is 5.69 Å². The zero-order valence-electron chi connectivity index (χ0n) is 11.5. The van der Waals surface area contributed by atoms with Crippen LogP contribution >= 0.6 is 24.8 Å². The van der Waals surface area contributed by atoms with Crippen molar-refractivity contribution in [2.75, 3.05) is 51.2 Å². The second kappa shape index (κ2) is 10.3. The van der Waals surface area contributed by atoms with Crippen LogP contribution in [0.2, 0.25) is 0 Å². The summed E-state index contributed by atoms with van der Waals surface area (Å²) < 4.78 is 0. The second-order valence-corrected chi connectivity index (χ2v) is 4.70. The van der Waals surface area contributed by atoms with E-state index in [1.54, 1.807) is 0 Å². The van der Waals surface area contributed by atoms with Crippen LogP contribution in [0.15, 0.2) is 30.3 Å². The van der Waals surface area contributed by atoms with Gasteiger partial charge in [0, 0.05) is 38.9 Å². The summed E-state index contributed by atoms with van der Waals surface area (Å²) in [6, 6.07) is 10.6. The maximum Gasteiger partial charge on any atom is 0.0364 e. The molecule has 1 aromatic rings. The van der Waals surface area contributed by atoms with Crippen LogP contribution in [0.1, 0.15) is 6.42 Å². The maximum absolute atomic E-state index is 3.44. The molecule has 2 rings (SSSR count). The van der Waals surface area contributed by atoms with Gasteiger partial charge < -0.3 is 15.1 Å². The van der Waals surface area contributed by atoms with Gasteiger partial charge in [-0.05, 0) is 31.6 Å². The van der Waals surface area contributed by atoms with Crippen LogP contribution in [0.3, 0.4) is 0 Å². The van der Waals surface area contributed by atoms with Crippen molar-refractivity contribution in [1.82, 2.24) is 10.2 Å². The fraction of sp³-hybridized carbons (Fsp3) is 0.571. The molecule has 1 saturated heterocycles. The van der Waals surface area contributed by atoms with E-state index in [2.05, 4.69) is 52.5 Å². The van der Waals surface area contributed by atoms with E-state index in [0.717, 1.165) is 19.6 Å². The van der Waals surface area contributed by atoms with E-state index in [9.17, 15) is 0 Å². The van der Waals surface area contributed by atoms with Crippen LogP contribution in [0, 0.1) is 0 Å². The molecule has 0 radical (unpaired) electrons. The molecule has 1 N–H and O–H groups in total. The molecule has 1 aliphatic rings. The topological polar surface area (TPSA) is 18.5 Å². The van der Waals surface area contributed by atoms with Crippen LogP contribution in [-0.4, -0.2) is 51.2 Å². The van der Waals surface area contributed by atoms with Crippen LogP contribution in [0.25, 0.3) is 0 Å². The number of para-hydroxylation sites is 1. The van der Waals surface area contributed by atoms with E-state index in [0.29, 0.717) is 0 Å². The third-order valence-corrected chi connectivity index (χ3v) is 3.38. The molecule has 0 spiro atoms. The molecule has 0 aliphatic carbocycles. The average molecular weight is 306 g/mol. The van der Waals surface area contributed by atoms with Crippen molar-refractivity contribution in [2.45, 2.75) is 6.42 Å². The summed E-state index contributed by atoms with van der Waals surface area (Å²) in [5, 5.41) is 3.44. The fourth-order valence-electron chi connectivity index (χ4n) is 2.23. The van der Waals surface area contributed by atoms with Gasteiger partial charge in [0.2, 0.25) is 0 Å². The first-order valence-electron chi connectivity index (χ1n) is 6.55. The van der Waals surface area contributed by atoms with E-state index in [1.165, 1.54) is 31.7 Å². The number of likely N-dealkylation sites (N-methyl/N-ethyl adjacent to an activating group) is 1. The Morgan fingerprint density at radius 1 is 1.11 bits per heavy atom. The summed E-state index contributed by atoms with van der Waals surface area (Å²) in [5.74, 6) is 0. The Kier molecular flexibility index (Phi) is 10.1. The first kappa shape index (κ1) is 18.5. The van der Waals surface area contributed by atoms with Crippen LogP contribution < -0.4 is 10.2 Å². The molecule has 1 heterocycles. The van der Waals surface area contributed by atoms with Gasteiger partial charge in [0.15, 0.2) is 0 Å². The molecule has 0 saturated carbocycles. The maximum atomic E-state index is 3.44. The van der Waals surface area contributed by atoms with E-state index in [1.807, 2.05) is 0 Å². The Bertz CT molecular complexity index is 314. The van der Waals surface area contributed by atoms with Gasteiger partial charge in [-0.25, -0.2) is 0 Å². The average Bonchev–Trinajstić information content (AvgIpc) is 2.65. The monoisotopic (exact) mass is 305 g/mol. The summed E-state index contributed by atoms with van der Waals surface area (Å²) in [4.78, 5) is 4.89. The Morgan fingerprint density at radius 2 is 1.84 bits per heavy atom. The molecule has 0 aromatic heterocycles. The smallest absolute Gasteiger partial charge is 0.0364 e. The normalized spacial score (nSPS) is 15.8.